The number of nitrogens with zero attached hydrogens (tertiary/aromatic N) is 3. The van der Waals surface area contributed by atoms with Crippen molar-refractivity contribution in [3.8, 4) is 17.4 Å². The molecule has 1 aliphatic carbocycles. The topological polar surface area (TPSA) is 87.3 Å². The summed E-state index contributed by atoms with van der Waals surface area (Å²) in [6.45, 7) is 0. The van der Waals surface area contributed by atoms with Gasteiger partial charge in [0.15, 0.2) is 0 Å². The van der Waals surface area contributed by atoms with Gasteiger partial charge in [0.25, 0.3) is 11.2 Å². The molecule has 7 nitrogen and oxygen atoms in total. The lowest BCUT2D eigenvalue weighted by molar-refractivity contribution is -0.384. The molecular weight excluding hydrogens is 402 g/mol. The second-order valence-electron chi connectivity index (χ2n) is 7.12. The predicted octanol–water partition coefficient (Wildman–Crippen LogP) is 5.03. The number of non-ortho nitro benzene ring substituents is 1. The normalized spacial score (nSPS) is 13.2. The van der Waals surface area contributed by atoms with Gasteiger partial charge in [0, 0.05) is 10.9 Å². The second-order valence-corrected chi connectivity index (χ2v) is 8.20. The standard InChI is InChI=1S/C22H17N3O4S/c26-21-19-17-11-4-5-12-18(17)30-20(19)23-22(24(21)14-7-2-1-3-8-14)29-16-10-6-9-15(13-16)25(27)28/h1-3,6-10,13H,4-5,11-12H2. The number of aromatic nitrogens is 2. The molecule has 8 heteroatoms. The van der Waals surface area contributed by atoms with Crippen LogP contribution in [0.2, 0.25) is 0 Å². The maximum Gasteiger partial charge on any atom is 0.310 e. The number of thiophene rings is 1. The van der Waals surface area contributed by atoms with Crippen LogP contribution in [0.4, 0.5) is 5.69 Å². The fourth-order valence-electron chi connectivity index (χ4n) is 3.83. The molecule has 1 aliphatic rings. The van der Waals surface area contributed by atoms with Gasteiger partial charge in [-0.2, -0.15) is 4.98 Å². The van der Waals surface area contributed by atoms with Gasteiger partial charge in [-0.1, -0.05) is 24.3 Å². The molecule has 0 bridgehead atoms. The van der Waals surface area contributed by atoms with Gasteiger partial charge in [-0.3, -0.25) is 14.9 Å². The average Bonchev–Trinajstić information content (AvgIpc) is 3.13. The molecule has 0 unspecified atom stereocenters. The lowest BCUT2D eigenvalue weighted by Gasteiger charge is -2.14. The molecule has 0 N–H and O–H groups in total. The Bertz CT molecular complexity index is 1330. The lowest BCUT2D eigenvalue weighted by atomic mass is 9.97. The monoisotopic (exact) mass is 419 g/mol. The third-order valence-corrected chi connectivity index (χ3v) is 6.40. The van der Waals surface area contributed by atoms with Gasteiger partial charge in [0.2, 0.25) is 0 Å². The summed E-state index contributed by atoms with van der Waals surface area (Å²) in [5.41, 5.74) is 1.47. The van der Waals surface area contributed by atoms with Crippen LogP contribution < -0.4 is 10.3 Å². The van der Waals surface area contributed by atoms with Crippen LogP contribution in [0.25, 0.3) is 15.9 Å². The zero-order chi connectivity index (χ0) is 20.7. The van der Waals surface area contributed by atoms with E-state index in [0.29, 0.717) is 15.9 Å². The minimum Gasteiger partial charge on any atom is -0.425 e. The van der Waals surface area contributed by atoms with E-state index in [2.05, 4.69) is 4.98 Å². The van der Waals surface area contributed by atoms with Crippen molar-refractivity contribution >= 4 is 27.2 Å². The average molecular weight is 419 g/mol. The molecular formula is C22H17N3O4S. The molecule has 30 heavy (non-hydrogen) atoms. The number of nitro groups is 1. The minimum absolute atomic E-state index is 0.0891. The van der Waals surface area contributed by atoms with Crippen molar-refractivity contribution in [3.63, 3.8) is 0 Å². The summed E-state index contributed by atoms with van der Waals surface area (Å²) in [6.07, 6.45) is 4.02. The van der Waals surface area contributed by atoms with Crippen LogP contribution in [0.1, 0.15) is 23.3 Å². The van der Waals surface area contributed by atoms with E-state index in [1.54, 1.807) is 12.1 Å². The van der Waals surface area contributed by atoms with E-state index < -0.39 is 4.92 Å². The highest BCUT2D eigenvalue weighted by atomic mass is 32.1. The van der Waals surface area contributed by atoms with Gasteiger partial charge in [0.05, 0.1) is 22.1 Å². The summed E-state index contributed by atoms with van der Waals surface area (Å²) < 4.78 is 7.38. The fraction of sp³-hybridized carbons (Fsp3) is 0.182. The first-order chi connectivity index (χ1) is 14.6. The van der Waals surface area contributed by atoms with Crippen molar-refractivity contribution in [1.82, 2.24) is 9.55 Å². The maximum atomic E-state index is 13.6. The molecule has 4 aromatic rings. The third-order valence-electron chi connectivity index (χ3n) is 5.21. The van der Waals surface area contributed by atoms with Crippen LogP contribution in [0.3, 0.4) is 0 Å². The molecule has 5 rings (SSSR count). The number of nitro benzene ring substituents is 1. The van der Waals surface area contributed by atoms with E-state index in [4.69, 9.17) is 4.74 Å². The van der Waals surface area contributed by atoms with Crippen molar-refractivity contribution in [2.75, 3.05) is 0 Å². The number of aryl methyl sites for hydroxylation is 2. The maximum absolute atomic E-state index is 13.6. The number of hydrogen-bond donors (Lipinski definition) is 0. The van der Waals surface area contributed by atoms with Crippen molar-refractivity contribution < 1.29 is 9.66 Å². The number of hydrogen-bond acceptors (Lipinski definition) is 6. The highest BCUT2D eigenvalue weighted by molar-refractivity contribution is 7.18. The molecule has 0 fully saturated rings. The number of rotatable bonds is 4. The van der Waals surface area contributed by atoms with Gasteiger partial charge in [-0.05, 0) is 49.4 Å². The van der Waals surface area contributed by atoms with Gasteiger partial charge < -0.3 is 4.74 Å². The molecule has 0 saturated carbocycles. The SMILES string of the molecule is O=c1c2c3c(sc2nc(Oc2cccc([N+](=O)[O-])c2)n1-c1ccccc1)CCCC3. The van der Waals surface area contributed by atoms with Gasteiger partial charge in [-0.15, -0.1) is 11.3 Å². The smallest absolute Gasteiger partial charge is 0.310 e. The zero-order valence-corrected chi connectivity index (χ0v) is 16.7. The molecule has 0 spiro atoms. The Labute approximate surface area is 175 Å². The zero-order valence-electron chi connectivity index (χ0n) is 15.9. The number of ether oxygens (including phenoxy) is 1. The second kappa shape index (κ2) is 7.38. The first-order valence-electron chi connectivity index (χ1n) is 9.67. The number of benzene rings is 2. The van der Waals surface area contributed by atoms with Crippen LogP contribution in [-0.4, -0.2) is 14.5 Å². The van der Waals surface area contributed by atoms with Crippen LogP contribution in [0.5, 0.6) is 11.8 Å². The van der Waals surface area contributed by atoms with Gasteiger partial charge in [0.1, 0.15) is 10.6 Å². The molecule has 0 atom stereocenters. The largest absolute Gasteiger partial charge is 0.425 e. The summed E-state index contributed by atoms with van der Waals surface area (Å²) in [6, 6.07) is 15.1. The molecule has 150 valence electrons. The Morgan fingerprint density at radius 3 is 2.67 bits per heavy atom. The fourth-order valence-corrected chi connectivity index (χ4v) is 5.07. The van der Waals surface area contributed by atoms with E-state index >= 15 is 0 Å². The van der Waals surface area contributed by atoms with E-state index in [9.17, 15) is 14.9 Å². The van der Waals surface area contributed by atoms with E-state index in [0.717, 1.165) is 31.2 Å². The van der Waals surface area contributed by atoms with E-state index in [-0.39, 0.29) is 23.0 Å². The van der Waals surface area contributed by atoms with Crippen molar-refractivity contribution in [2.24, 2.45) is 0 Å². The van der Waals surface area contributed by atoms with Crippen molar-refractivity contribution in [1.29, 1.82) is 0 Å². The number of para-hydroxylation sites is 1. The minimum atomic E-state index is -0.485. The van der Waals surface area contributed by atoms with Gasteiger partial charge >= 0.3 is 6.01 Å². The highest BCUT2D eigenvalue weighted by Gasteiger charge is 2.23. The first kappa shape index (κ1) is 18.5. The summed E-state index contributed by atoms with van der Waals surface area (Å²) in [5.74, 6) is 0.251. The van der Waals surface area contributed by atoms with Crippen LogP contribution in [0.15, 0.2) is 59.4 Å². The molecule has 2 aromatic carbocycles. The van der Waals surface area contributed by atoms with Gasteiger partial charge in [-0.25, -0.2) is 4.57 Å². The summed E-state index contributed by atoms with van der Waals surface area (Å²) in [5, 5.41) is 11.8. The van der Waals surface area contributed by atoms with Crippen molar-refractivity contribution in [2.45, 2.75) is 25.7 Å². The molecule has 2 heterocycles. The summed E-state index contributed by atoms with van der Waals surface area (Å²) in [4.78, 5) is 30.8. The Balaban J connectivity index is 1.73. The Hall–Kier alpha value is -3.52. The molecule has 0 saturated heterocycles. The Kier molecular flexibility index (Phi) is 4.55. The summed E-state index contributed by atoms with van der Waals surface area (Å²) >= 11 is 1.54. The Morgan fingerprint density at radius 1 is 1.07 bits per heavy atom. The molecule has 2 aromatic heterocycles. The molecule has 0 aliphatic heterocycles. The summed E-state index contributed by atoms with van der Waals surface area (Å²) in [7, 11) is 0. The van der Waals surface area contributed by atoms with E-state index in [1.165, 1.54) is 32.9 Å². The quantitative estimate of drug-likeness (QED) is 0.342. The predicted molar refractivity (Wildman–Crippen MR) is 115 cm³/mol. The molecule has 0 amide bonds. The van der Waals surface area contributed by atoms with E-state index in [1.807, 2.05) is 30.3 Å². The molecule has 0 radical (unpaired) electrons. The number of fused-ring (bicyclic) bond motifs is 3. The van der Waals surface area contributed by atoms with Crippen LogP contribution in [0, 0.1) is 10.1 Å². The first-order valence-corrected chi connectivity index (χ1v) is 10.5. The van der Waals surface area contributed by atoms with Crippen LogP contribution >= 0.6 is 11.3 Å². The third kappa shape index (κ3) is 3.15. The highest BCUT2D eigenvalue weighted by Crippen LogP contribution is 2.35. The van der Waals surface area contributed by atoms with Crippen molar-refractivity contribution in [3.05, 3.63) is 85.5 Å². The lowest BCUT2D eigenvalue weighted by Crippen LogP contribution is -2.21. The Morgan fingerprint density at radius 2 is 1.87 bits per heavy atom. The van der Waals surface area contributed by atoms with Crippen LogP contribution in [-0.2, 0) is 12.8 Å².